The van der Waals surface area contributed by atoms with Crippen molar-refractivity contribution in [1.82, 2.24) is 0 Å². The molecule has 1 atom stereocenters. The van der Waals surface area contributed by atoms with Crippen LogP contribution >= 0.6 is 11.6 Å². The van der Waals surface area contributed by atoms with Gasteiger partial charge < -0.3 is 5.32 Å². The molecule has 0 amide bonds. The van der Waals surface area contributed by atoms with Gasteiger partial charge in [0, 0.05) is 11.1 Å². The van der Waals surface area contributed by atoms with E-state index in [-0.39, 0.29) is 11.7 Å². The Kier molecular flexibility index (Phi) is 4.42. The molecule has 21 heavy (non-hydrogen) atoms. The van der Waals surface area contributed by atoms with Gasteiger partial charge >= 0.3 is 6.18 Å². The number of benzene rings is 2. The van der Waals surface area contributed by atoms with Crippen molar-refractivity contribution in [2.45, 2.75) is 19.1 Å². The Labute approximate surface area is 124 Å². The van der Waals surface area contributed by atoms with Gasteiger partial charge in [-0.25, -0.2) is 4.39 Å². The van der Waals surface area contributed by atoms with Gasteiger partial charge in [-0.05, 0) is 42.8 Å². The maximum absolute atomic E-state index is 13.7. The normalized spacial score (nSPS) is 13.0. The first-order chi connectivity index (χ1) is 9.77. The van der Waals surface area contributed by atoms with Crippen LogP contribution in [0.2, 0.25) is 5.02 Å². The monoisotopic (exact) mass is 317 g/mol. The molecule has 0 radical (unpaired) electrons. The van der Waals surface area contributed by atoms with Crippen LogP contribution in [0.3, 0.4) is 0 Å². The van der Waals surface area contributed by atoms with Crippen LogP contribution in [0.4, 0.5) is 23.2 Å². The molecule has 0 saturated carbocycles. The average molecular weight is 318 g/mol. The van der Waals surface area contributed by atoms with E-state index in [0.717, 1.165) is 17.7 Å². The molecule has 0 aromatic heterocycles. The predicted molar refractivity (Wildman–Crippen MR) is 74.9 cm³/mol. The van der Waals surface area contributed by atoms with E-state index in [9.17, 15) is 17.6 Å². The van der Waals surface area contributed by atoms with Crippen LogP contribution in [0.1, 0.15) is 24.1 Å². The maximum Gasteiger partial charge on any atom is 0.416 e. The summed E-state index contributed by atoms with van der Waals surface area (Å²) < 4.78 is 51.6. The molecule has 112 valence electrons. The minimum Gasteiger partial charge on any atom is -0.376 e. The molecule has 0 saturated heterocycles. The fourth-order valence-corrected chi connectivity index (χ4v) is 2.10. The van der Waals surface area contributed by atoms with Crippen LogP contribution in [-0.2, 0) is 6.18 Å². The highest BCUT2D eigenvalue weighted by Gasteiger charge is 2.31. The van der Waals surface area contributed by atoms with E-state index < -0.39 is 17.6 Å². The van der Waals surface area contributed by atoms with Crippen molar-refractivity contribution in [1.29, 1.82) is 0 Å². The van der Waals surface area contributed by atoms with Gasteiger partial charge in [-0.15, -0.1) is 0 Å². The largest absolute Gasteiger partial charge is 0.416 e. The lowest BCUT2D eigenvalue weighted by molar-refractivity contribution is -0.137. The number of nitrogens with one attached hydrogen (secondary N) is 1. The van der Waals surface area contributed by atoms with Crippen LogP contribution in [0.25, 0.3) is 0 Å². The summed E-state index contributed by atoms with van der Waals surface area (Å²) in [5.74, 6) is -0.739. The number of hydrogen-bond donors (Lipinski definition) is 1. The molecule has 0 fully saturated rings. The summed E-state index contributed by atoms with van der Waals surface area (Å²) in [7, 11) is 0. The van der Waals surface area contributed by atoms with Crippen molar-refractivity contribution in [3.05, 3.63) is 64.4 Å². The van der Waals surface area contributed by atoms with Gasteiger partial charge in [0.15, 0.2) is 0 Å². The Balaban J connectivity index is 2.26. The molecule has 0 aliphatic rings. The number of halogens is 5. The van der Waals surface area contributed by atoms with Gasteiger partial charge in [0.2, 0.25) is 0 Å². The second-order valence-corrected chi connectivity index (χ2v) is 5.05. The molecule has 1 unspecified atom stereocenters. The highest BCUT2D eigenvalue weighted by atomic mass is 35.5. The fourth-order valence-electron chi connectivity index (χ4n) is 1.90. The van der Waals surface area contributed by atoms with E-state index in [0.29, 0.717) is 11.1 Å². The third-order valence-corrected chi connectivity index (χ3v) is 3.25. The maximum atomic E-state index is 13.7. The molecule has 0 spiro atoms. The summed E-state index contributed by atoms with van der Waals surface area (Å²) >= 11 is 5.86. The highest BCUT2D eigenvalue weighted by Crippen LogP contribution is 2.33. The van der Waals surface area contributed by atoms with Crippen molar-refractivity contribution in [2.24, 2.45) is 0 Å². The Hall–Kier alpha value is -1.75. The van der Waals surface area contributed by atoms with Crippen molar-refractivity contribution in [2.75, 3.05) is 5.32 Å². The Morgan fingerprint density at radius 1 is 1.10 bits per heavy atom. The lowest BCUT2D eigenvalue weighted by atomic mass is 10.1. The number of rotatable bonds is 3. The van der Waals surface area contributed by atoms with E-state index in [1.54, 1.807) is 31.2 Å². The molecule has 6 heteroatoms. The van der Waals surface area contributed by atoms with Crippen molar-refractivity contribution in [3.63, 3.8) is 0 Å². The van der Waals surface area contributed by atoms with Gasteiger partial charge in [0.25, 0.3) is 0 Å². The lowest BCUT2D eigenvalue weighted by Gasteiger charge is -2.18. The topological polar surface area (TPSA) is 12.0 Å². The third-order valence-electron chi connectivity index (χ3n) is 3.01. The molecule has 2 rings (SSSR count). The first-order valence-corrected chi connectivity index (χ1v) is 6.54. The zero-order valence-electron chi connectivity index (χ0n) is 11.0. The van der Waals surface area contributed by atoms with Crippen LogP contribution in [0.15, 0.2) is 42.5 Å². The molecule has 0 aliphatic heterocycles. The van der Waals surface area contributed by atoms with Crippen molar-refractivity contribution in [3.8, 4) is 0 Å². The van der Waals surface area contributed by atoms with Crippen LogP contribution in [-0.4, -0.2) is 0 Å². The Bertz CT molecular complexity index is 640. The first kappa shape index (κ1) is 15.6. The van der Waals surface area contributed by atoms with Gasteiger partial charge in [0.05, 0.1) is 11.3 Å². The van der Waals surface area contributed by atoms with Crippen molar-refractivity contribution < 1.29 is 17.6 Å². The number of hydrogen-bond acceptors (Lipinski definition) is 1. The fraction of sp³-hybridized carbons (Fsp3) is 0.200. The van der Waals surface area contributed by atoms with Crippen LogP contribution in [0.5, 0.6) is 0 Å². The SMILES string of the molecule is CC(Nc1cc(C(F)(F)F)ccc1F)c1cccc(Cl)c1. The molecular weight excluding hydrogens is 306 g/mol. The van der Waals surface area contributed by atoms with Gasteiger partial charge in [-0.1, -0.05) is 23.7 Å². The predicted octanol–water partition coefficient (Wildman–Crippen LogP) is 5.67. The summed E-state index contributed by atoms with van der Waals surface area (Å²) in [6, 6.07) is 8.72. The summed E-state index contributed by atoms with van der Waals surface area (Å²) in [6.45, 7) is 1.71. The summed E-state index contributed by atoms with van der Waals surface area (Å²) in [5, 5.41) is 3.24. The average Bonchev–Trinajstić information content (AvgIpc) is 2.40. The van der Waals surface area contributed by atoms with Crippen molar-refractivity contribution >= 4 is 17.3 Å². The Morgan fingerprint density at radius 3 is 2.43 bits per heavy atom. The van der Waals surface area contributed by atoms with E-state index >= 15 is 0 Å². The van der Waals surface area contributed by atoms with E-state index in [1.165, 1.54) is 0 Å². The van der Waals surface area contributed by atoms with Crippen LogP contribution < -0.4 is 5.32 Å². The van der Waals surface area contributed by atoms with E-state index in [4.69, 9.17) is 11.6 Å². The molecule has 1 nitrogen and oxygen atoms in total. The second-order valence-electron chi connectivity index (χ2n) is 4.61. The summed E-state index contributed by atoms with van der Waals surface area (Å²) in [6.07, 6.45) is -4.51. The molecule has 1 N–H and O–H groups in total. The first-order valence-electron chi connectivity index (χ1n) is 6.16. The number of anilines is 1. The number of alkyl halides is 3. The molecule has 0 bridgehead atoms. The highest BCUT2D eigenvalue weighted by molar-refractivity contribution is 6.30. The second kappa shape index (κ2) is 5.93. The standard InChI is InChI=1S/C15H12ClF4N/c1-9(10-3-2-4-12(16)7-10)21-14-8-11(15(18,19)20)5-6-13(14)17/h2-9,21H,1H3. The minimum absolute atomic E-state index is 0.197. The summed E-state index contributed by atoms with van der Waals surface area (Å²) in [5.41, 5.74) is -0.346. The van der Waals surface area contributed by atoms with E-state index in [1.807, 2.05) is 0 Å². The molecular formula is C15H12ClF4N. The molecule has 0 heterocycles. The summed E-state index contributed by atoms with van der Waals surface area (Å²) in [4.78, 5) is 0. The van der Waals surface area contributed by atoms with E-state index in [2.05, 4.69) is 5.32 Å². The van der Waals surface area contributed by atoms with Gasteiger partial charge in [-0.3, -0.25) is 0 Å². The lowest BCUT2D eigenvalue weighted by Crippen LogP contribution is -2.11. The molecule has 2 aromatic rings. The Morgan fingerprint density at radius 2 is 1.81 bits per heavy atom. The zero-order chi connectivity index (χ0) is 15.6. The molecule has 0 aliphatic carbocycles. The third kappa shape index (κ3) is 3.88. The van der Waals surface area contributed by atoms with Gasteiger partial charge in [0.1, 0.15) is 5.82 Å². The van der Waals surface area contributed by atoms with Gasteiger partial charge in [-0.2, -0.15) is 13.2 Å². The minimum atomic E-state index is -4.51. The molecule has 2 aromatic carbocycles. The quantitative estimate of drug-likeness (QED) is 0.719. The van der Waals surface area contributed by atoms with Crippen LogP contribution in [0, 0.1) is 5.82 Å². The smallest absolute Gasteiger partial charge is 0.376 e. The zero-order valence-corrected chi connectivity index (χ0v) is 11.8.